The standard InChI is InChI=1S/C17H24N2O/c1-5-12(2)10-13(3)18-15-11-17(20)19(4)16-9-7-6-8-14(15)16/h6-9,11-13,18H,5,10H2,1-4H3. The Bertz CT molecular complexity index is 645. The van der Waals surface area contributed by atoms with Gasteiger partial charge in [-0.15, -0.1) is 0 Å². The van der Waals surface area contributed by atoms with E-state index in [0.717, 1.165) is 23.0 Å². The van der Waals surface area contributed by atoms with E-state index in [2.05, 4.69) is 32.2 Å². The molecule has 1 aromatic carbocycles. The van der Waals surface area contributed by atoms with Gasteiger partial charge in [0.25, 0.3) is 5.56 Å². The van der Waals surface area contributed by atoms with E-state index in [1.54, 1.807) is 10.6 Å². The first kappa shape index (κ1) is 14.6. The molecular formula is C17H24N2O. The summed E-state index contributed by atoms with van der Waals surface area (Å²) in [7, 11) is 1.82. The van der Waals surface area contributed by atoms with Crippen LogP contribution in [0.15, 0.2) is 35.1 Å². The molecule has 0 radical (unpaired) electrons. The van der Waals surface area contributed by atoms with Crippen LogP contribution in [0.1, 0.15) is 33.6 Å². The summed E-state index contributed by atoms with van der Waals surface area (Å²) in [6.07, 6.45) is 2.29. The Balaban J connectivity index is 2.35. The molecule has 1 N–H and O–H groups in total. The van der Waals surface area contributed by atoms with Crippen molar-refractivity contribution in [3.05, 3.63) is 40.7 Å². The van der Waals surface area contributed by atoms with Crippen molar-refractivity contribution in [3.63, 3.8) is 0 Å². The van der Waals surface area contributed by atoms with Gasteiger partial charge in [-0.25, -0.2) is 0 Å². The van der Waals surface area contributed by atoms with Gasteiger partial charge < -0.3 is 9.88 Å². The van der Waals surface area contributed by atoms with Crippen LogP contribution in [0.3, 0.4) is 0 Å². The second-order valence-electron chi connectivity index (χ2n) is 5.77. The minimum atomic E-state index is 0.0296. The molecule has 3 nitrogen and oxygen atoms in total. The van der Waals surface area contributed by atoms with Crippen molar-refractivity contribution < 1.29 is 0 Å². The Morgan fingerprint density at radius 2 is 1.95 bits per heavy atom. The Hall–Kier alpha value is -1.77. The summed E-state index contributed by atoms with van der Waals surface area (Å²) in [4.78, 5) is 12.0. The minimum absolute atomic E-state index is 0.0296. The summed E-state index contributed by atoms with van der Waals surface area (Å²) in [6.45, 7) is 6.66. The van der Waals surface area contributed by atoms with Crippen LogP contribution in [-0.2, 0) is 7.05 Å². The molecule has 0 saturated heterocycles. The second kappa shape index (κ2) is 6.12. The number of benzene rings is 1. The number of aromatic nitrogens is 1. The van der Waals surface area contributed by atoms with Gasteiger partial charge in [0, 0.05) is 30.2 Å². The maximum Gasteiger partial charge on any atom is 0.252 e. The zero-order valence-electron chi connectivity index (χ0n) is 12.8. The number of pyridine rings is 1. The van der Waals surface area contributed by atoms with Crippen molar-refractivity contribution in [3.8, 4) is 0 Å². The van der Waals surface area contributed by atoms with Crippen molar-refractivity contribution in [1.82, 2.24) is 4.57 Å². The van der Waals surface area contributed by atoms with Crippen LogP contribution in [0.5, 0.6) is 0 Å². The maximum atomic E-state index is 12.0. The summed E-state index contributed by atoms with van der Waals surface area (Å²) >= 11 is 0. The number of hydrogen-bond acceptors (Lipinski definition) is 2. The van der Waals surface area contributed by atoms with Gasteiger partial charge in [-0.1, -0.05) is 38.5 Å². The molecular weight excluding hydrogens is 248 g/mol. The lowest BCUT2D eigenvalue weighted by molar-refractivity contribution is 0.484. The van der Waals surface area contributed by atoms with Crippen molar-refractivity contribution in [2.24, 2.45) is 13.0 Å². The zero-order chi connectivity index (χ0) is 14.7. The Morgan fingerprint density at radius 3 is 2.65 bits per heavy atom. The molecule has 0 aliphatic rings. The SMILES string of the molecule is CCC(C)CC(C)Nc1cc(=O)n(C)c2ccccc12. The normalized spacial score (nSPS) is 14.2. The molecule has 2 rings (SSSR count). The summed E-state index contributed by atoms with van der Waals surface area (Å²) in [5.41, 5.74) is 1.94. The van der Waals surface area contributed by atoms with Crippen molar-refractivity contribution in [1.29, 1.82) is 0 Å². The molecule has 0 aliphatic heterocycles. The zero-order valence-corrected chi connectivity index (χ0v) is 12.8. The lowest BCUT2D eigenvalue weighted by atomic mass is 10.00. The van der Waals surface area contributed by atoms with Crippen molar-refractivity contribution in [2.75, 3.05) is 5.32 Å². The highest BCUT2D eigenvalue weighted by molar-refractivity contribution is 5.91. The van der Waals surface area contributed by atoms with Gasteiger partial charge in [0.2, 0.25) is 0 Å². The Kier molecular flexibility index (Phi) is 4.48. The summed E-state index contributed by atoms with van der Waals surface area (Å²) in [5, 5.41) is 4.61. The van der Waals surface area contributed by atoms with Crippen LogP contribution >= 0.6 is 0 Å². The molecule has 2 aromatic rings. The predicted octanol–water partition coefficient (Wildman–Crippen LogP) is 3.78. The first-order chi connectivity index (χ1) is 9.52. The van der Waals surface area contributed by atoms with Crippen LogP contribution in [0, 0.1) is 5.92 Å². The van der Waals surface area contributed by atoms with E-state index in [9.17, 15) is 4.79 Å². The van der Waals surface area contributed by atoms with Crippen molar-refractivity contribution in [2.45, 2.75) is 39.7 Å². The smallest absolute Gasteiger partial charge is 0.252 e. The van der Waals surface area contributed by atoms with E-state index in [1.807, 2.05) is 25.2 Å². The molecule has 1 aromatic heterocycles. The molecule has 0 fully saturated rings. The van der Waals surface area contributed by atoms with Crippen molar-refractivity contribution >= 4 is 16.6 Å². The molecule has 3 heteroatoms. The van der Waals surface area contributed by atoms with Gasteiger partial charge in [-0.3, -0.25) is 4.79 Å². The highest BCUT2D eigenvalue weighted by Gasteiger charge is 2.11. The molecule has 0 bridgehead atoms. The molecule has 0 amide bonds. The van der Waals surface area contributed by atoms with Crippen LogP contribution < -0.4 is 10.9 Å². The average Bonchev–Trinajstić information content (AvgIpc) is 2.44. The molecule has 2 unspecified atom stereocenters. The molecule has 108 valence electrons. The Labute approximate surface area is 120 Å². The van der Waals surface area contributed by atoms with Gasteiger partial charge in [0.1, 0.15) is 0 Å². The number of fused-ring (bicyclic) bond motifs is 1. The van der Waals surface area contributed by atoms with Gasteiger partial charge in [0.15, 0.2) is 0 Å². The highest BCUT2D eigenvalue weighted by Crippen LogP contribution is 2.23. The monoisotopic (exact) mass is 272 g/mol. The van der Waals surface area contributed by atoms with E-state index in [-0.39, 0.29) is 5.56 Å². The average molecular weight is 272 g/mol. The fraction of sp³-hybridized carbons (Fsp3) is 0.471. The third kappa shape index (κ3) is 3.03. The first-order valence-corrected chi connectivity index (χ1v) is 7.38. The quantitative estimate of drug-likeness (QED) is 0.899. The summed E-state index contributed by atoms with van der Waals surface area (Å²) in [5.74, 6) is 0.690. The fourth-order valence-electron chi connectivity index (χ4n) is 2.62. The molecule has 0 spiro atoms. The Morgan fingerprint density at radius 1 is 1.25 bits per heavy atom. The minimum Gasteiger partial charge on any atom is -0.382 e. The molecule has 20 heavy (non-hydrogen) atoms. The molecule has 0 saturated carbocycles. The molecule has 0 aliphatic carbocycles. The maximum absolute atomic E-state index is 12.0. The van der Waals surface area contributed by atoms with E-state index in [1.165, 1.54) is 6.42 Å². The van der Waals surface area contributed by atoms with Crippen LogP contribution in [-0.4, -0.2) is 10.6 Å². The van der Waals surface area contributed by atoms with Gasteiger partial charge in [0.05, 0.1) is 5.52 Å². The van der Waals surface area contributed by atoms with Gasteiger partial charge >= 0.3 is 0 Å². The number of aryl methyl sites for hydroxylation is 1. The number of nitrogens with one attached hydrogen (secondary N) is 1. The lowest BCUT2D eigenvalue weighted by Crippen LogP contribution is -2.22. The fourth-order valence-corrected chi connectivity index (χ4v) is 2.62. The second-order valence-corrected chi connectivity index (χ2v) is 5.77. The molecule has 2 atom stereocenters. The lowest BCUT2D eigenvalue weighted by Gasteiger charge is -2.20. The number of nitrogens with zero attached hydrogens (tertiary/aromatic N) is 1. The third-order valence-electron chi connectivity index (χ3n) is 4.01. The van der Waals surface area contributed by atoms with E-state index >= 15 is 0 Å². The van der Waals surface area contributed by atoms with E-state index in [4.69, 9.17) is 0 Å². The van der Waals surface area contributed by atoms with Gasteiger partial charge in [-0.2, -0.15) is 0 Å². The van der Waals surface area contributed by atoms with Crippen LogP contribution in [0.4, 0.5) is 5.69 Å². The molecule has 1 heterocycles. The predicted molar refractivity (Wildman–Crippen MR) is 86.3 cm³/mol. The summed E-state index contributed by atoms with van der Waals surface area (Å²) in [6, 6.07) is 10.1. The van der Waals surface area contributed by atoms with Crippen LogP contribution in [0.2, 0.25) is 0 Å². The van der Waals surface area contributed by atoms with Crippen LogP contribution in [0.25, 0.3) is 10.9 Å². The topological polar surface area (TPSA) is 34.0 Å². The number of hydrogen-bond donors (Lipinski definition) is 1. The number of anilines is 1. The highest BCUT2D eigenvalue weighted by atomic mass is 16.1. The largest absolute Gasteiger partial charge is 0.382 e. The number of rotatable bonds is 5. The van der Waals surface area contributed by atoms with Gasteiger partial charge in [-0.05, 0) is 25.3 Å². The van der Waals surface area contributed by atoms with E-state index < -0.39 is 0 Å². The van der Waals surface area contributed by atoms with E-state index in [0.29, 0.717) is 12.0 Å². The number of para-hydroxylation sites is 1. The third-order valence-corrected chi connectivity index (χ3v) is 4.01. The summed E-state index contributed by atoms with van der Waals surface area (Å²) < 4.78 is 1.69. The first-order valence-electron chi connectivity index (χ1n) is 7.38.